The van der Waals surface area contributed by atoms with Crippen LogP contribution in [0.2, 0.25) is 0 Å². The summed E-state index contributed by atoms with van der Waals surface area (Å²) >= 11 is 1.53. The molecule has 0 aliphatic rings. The van der Waals surface area contributed by atoms with Gasteiger partial charge < -0.3 is 14.6 Å². The largest absolute Gasteiger partial charge is 0.481 e. The van der Waals surface area contributed by atoms with E-state index in [1.165, 1.54) is 11.3 Å². The van der Waals surface area contributed by atoms with Crippen LogP contribution in [0, 0.1) is 6.92 Å². The molecule has 0 aliphatic carbocycles. The molecule has 2 aromatic heterocycles. The van der Waals surface area contributed by atoms with Crippen molar-refractivity contribution >= 4 is 17.2 Å². The van der Waals surface area contributed by atoms with Crippen LogP contribution in [0.3, 0.4) is 0 Å². The van der Waals surface area contributed by atoms with Crippen LogP contribution in [0.15, 0.2) is 46.3 Å². The van der Waals surface area contributed by atoms with Crippen molar-refractivity contribution in [3.8, 4) is 16.5 Å². The minimum absolute atomic E-state index is 0.172. The number of hydrogen-bond acceptors (Lipinski definition) is 6. The van der Waals surface area contributed by atoms with E-state index < -0.39 is 6.10 Å². The molecule has 0 aliphatic heterocycles. The number of rotatable bonds is 7. The summed E-state index contributed by atoms with van der Waals surface area (Å²) in [6.07, 6.45) is -0.00772. The summed E-state index contributed by atoms with van der Waals surface area (Å²) in [6, 6.07) is 11.5. The molecule has 1 N–H and O–H groups in total. The molecule has 1 atom stereocenters. The number of nitrogens with zero attached hydrogens (tertiary/aromatic N) is 2. The number of hydrogen-bond donors (Lipinski definition) is 1. The van der Waals surface area contributed by atoms with E-state index >= 15 is 0 Å². The first-order valence-electron chi connectivity index (χ1n) is 8.03. The third-order valence-corrected chi connectivity index (χ3v) is 4.45. The maximum Gasteiger partial charge on any atom is 0.261 e. The van der Waals surface area contributed by atoms with E-state index in [-0.39, 0.29) is 12.5 Å². The summed E-state index contributed by atoms with van der Waals surface area (Å²) in [4.78, 5) is 17.5. The molecule has 0 fully saturated rings. The van der Waals surface area contributed by atoms with Gasteiger partial charge in [-0.25, -0.2) is 0 Å². The highest BCUT2D eigenvalue weighted by atomic mass is 32.1. The van der Waals surface area contributed by atoms with Crippen molar-refractivity contribution in [3.05, 3.63) is 53.2 Å². The lowest BCUT2D eigenvalue weighted by Crippen LogP contribution is -2.37. The van der Waals surface area contributed by atoms with Crippen molar-refractivity contribution < 1.29 is 14.1 Å². The van der Waals surface area contributed by atoms with Crippen LogP contribution < -0.4 is 10.1 Å². The Morgan fingerprint density at radius 1 is 1.32 bits per heavy atom. The quantitative estimate of drug-likeness (QED) is 0.699. The number of aryl methyl sites for hydroxylation is 1. The second-order valence-electron chi connectivity index (χ2n) is 5.53. The number of nitrogens with one attached hydrogen (secondary N) is 1. The number of amides is 1. The molecule has 130 valence electrons. The van der Waals surface area contributed by atoms with Crippen LogP contribution in [0.25, 0.3) is 10.7 Å². The number of carbonyl (C=O) groups excluding carboxylic acids is 1. The topological polar surface area (TPSA) is 77.2 Å². The van der Waals surface area contributed by atoms with Crippen LogP contribution in [-0.2, 0) is 11.3 Å². The fourth-order valence-electron chi connectivity index (χ4n) is 2.21. The second kappa shape index (κ2) is 7.94. The smallest absolute Gasteiger partial charge is 0.261 e. The number of ether oxygens (including phenoxy) is 1. The number of thiophene rings is 1. The van der Waals surface area contributed by atoms with Gasteiger partial charge in [0.05, 0.1) is 11.4 Å². The summed E-state index contributed by atoms with van der Waals surface area (Å²) in [5, 5.41) is 8.65. The van der Waals surface area contributed by atoms with Crippen LogP contribution in [0.5, 0.6) is 5.75 Å². The number of carbonyl (C=O) groups is 1. The lowest BCUT2D eigenvalue weighted by Gasteiger charge is -2.16. The van der Waals surface area contributed by atoms with E-state index in [0.29, 0.717) is 23.9 Å². The second-order valence-corrected chi connectivity index (χ2v) is 6.48. The van der Waals surface area contributed by atoms with Crippen molar-refractivity contribution in [2.24, 2.45) is 0 Å². The minimum Gasteiger partial charge on any atom is -0.481 e. The number of benzene rings is 1. The first-order chi connectivity index (χ1) is 12.2. The molecule has 0 spiro atoms. The van der Waals surface area contributed by atoms with Crippen LogP contribution in [0.1, 0.15) is 24.8 Å². The van der Waals surface area contributed by atoms with Gasteiger partial charge in [0.25, 0.3) is 5.91 Å². The van der Waals surface area contributed by atoms with Crippen LogP contribution in [0.4, 0.5) is 0 Å². The number of aromatic nitrogens is 2. The fourth-order valence-corrected chi connectivity index (χ4v) is 2.86. The molecule has 2 heterocycles. The van der Waals surface area contributed by atoms with Crippen molar-refractivity contribution in [2.45, 2.75) is 32.9 Å². The molecule has 0 bridgehead atoms. The molecule has 3 rings (SSSR count). The Kier molecular flexibility index (Phi) is 5.45. The van der Waals surface area contributed by atoms with Gasteiger partial charge in [0.15, 0.2) is 6.10 Å². The average molecular weight is 357 g/mol. The predicted molar refractivity (Wildman–Crippen MR) is 95.3 cm³/mol. The van der Waals surface area contributed by atoms with Gasteiger partial charge in [0.1, 0.15) is 5.75 Å². The summed E-state index contributed by atoms with van der Waals surface area (Å²) < 4.78 is 10.9. The lowest BCUT2D eigenvalue weighted by atomic mass is 10.2. The Labute approximate surface area is 149 Å². The van der Waals surface area contributed by atoms with E-state index in [1.54, 1.807) is 0 Å². The van der Waals surface area contributed by atoms with E-state index in [0.717, 1.165) is 10.4 Å². The Balaban J connectivity index is 1.56. The molecule has 1 amide bonds. The Bertz CT molecular complexity index is 812. The van der Waals surface area contributed by atoms with E-state index in [4.69, 9.17) is 9.26 Å². The van der Waals surface area contributed by atoms with Gasteiger partial charge in [0, 0.05) is 0 Å². The molecule has 0 saturated heterocycles. The molecular weight excluding hydrogens is 338 g/mol. The molecule has 0 unspecified atom stereocenters. The summed E-state index contributed by atoms with van der Waals surface area (Å²) in [5.41, 5.74) is 1.14. The van der Waals surface area contributed by atoms with E-state index in [9.17, 15) is 4.79 Å². The summed E-state index contributed by atoms with van der Waals surface area (Å²) in [5.74, 6) is 1.36. The van der Waals surface area contributed by atoms with Crippen LogP contribution in [-0.4, -0.2) is 22.2 Å². The molecule has 7 heteroatoms. The van der Waals surface area contributed by atoms with Gasteiger partial charge in [-0.1, -0.05) is 35.8 Å². The van der Waals surface area contributed by atoms with Crippen LogP contribution >= 0.6 is 11.3 Å². The third kappa shape index (κ3) is 4.45. The SMILES string of the molecule is CC[C@H](Oc1ccc(C)cc1)C(=O)NCc1nc(-c2cccs2)no1. The minimum atomic E-state index is -0.567. The van der Waals surface area contributed by atoms with Crippen molar-refractivity contribution in [1.82, 2.24) is 15.5 Å². The maximum atomic E-state index is 12.3. The van der Waals surface area contributed by atoms with Gasteiger partial charge in [-0.2, -0.15) is 4.98 Å². The van der Waals surface area contributed by atoms with Gasteiger partial charge in [-0.15, -0.1) is 11.3 Å². The van der Waals surface area contributed by atoms with E-state index in [2.05, 4.69) is 15.5 Å². The predicted octanol–water partition coefficient (Wildman–Crippen LogP) is 3.58. The Hall–Kier alpha value is -2.67. The van der Waals surface area contributed by atoms with Gasteiger partial charge in [-0.05, 0) is 36.9 Å². The van der Waals surface area contributed by atoms with Crippen molar-refractivity contribution in [2.75, 3.05) is 0 Å². The molecule has 6 nitrogen and oxygen atoms in total. The summed E-state index contributed by atoms with van der Waals surface area (Å²) in [6.45, 7) is 4.08. The zero-order valence-electron chi connectivity index (χ0n) is 14.1. The molecule has 0 radical (unpaired) electrons. The zero-order valence-corrected chi connectivity index (χ0v) is 14.9. The standard InChI is InChI=1S/C18H19N3O3S/c1-3-14(23-13-8-6-12(2)7-9-13)18(22)19-11-16-20-17(21-24-16)15-5-4-10-25-15/h4-10,14H,3,11H2,1-2H3,(H,19,22)/t14-/m0/s1. The zero-order chi connectivity index (χ0) is 17.6. The van der Waals surface area contributed by atoms with E-state index in [1.807, 2.05) is 55.6 Å². The van der Waals surface area contributed by atoms with Gasteiger partial charge in [-0.3, -0.25) is 4.79 Å². The Morgan fingerprint density at radius 2 is 2.12 bits per heavy atom. The lowest BCUT2D eigenvalue weighted by molar-refractivity contribution is -0.128. The highest BCUT2D eigenvalue weighted by Gasteiger charge is 2.19. The third-order valence-electron chi connectivity index (χ3n) is 3.59. The van der Waals surface area contributed by atoms with Gasteiger partial charge in [0.2, 0.25) is 11.7 Å². The normalized spacial score (nSPS) is 11.9. The maximum absolute atomic E-state index is 12.3. The van der Waals surface area contributed by atoms with Gasteiger partial charge >= 0.3 is 0 Å². The molecule has 3 aromatic rings. The highest BCUT2D eigenvalue weighted by molar-refractivity contribution is 7.13. The Morgan fingerprint density at radius 3 is 2.80 bits per heavy atom. The molecular formula is C18H19N3O3S. The summed E-state index contributed by atoms with van der Waals surface area (Å²) in [7, 11) is 0. The fraction of sp³-hybridized carbons (Fsp3) is 0.278. The first-order valence-corrected chi connectivity index (χ1v) is 8.91. The monoisotopic (exact) mass is 357 g/mol. The van der Waals surface area contributed by atoms with Crippen molar-refractivity contribution in [3.63, 3.8) is 0 Å². The highest BCUT2D eigenvalue weighted by Crippen LogP contribution is 2.21. The molecule has 25 heavy (non-hydrogen) atoms. The van der Waals surface area contributed by atoms with Crippen molar-refractivity contribution in [1.29, 1.82) is 0 Å². The first kappa shape index (κ1) is 17.2. The molecule has 0 saturated carbocycles. The molecule has 1 aromatic carbocycles. The average Bonchev–Trinajstić information content (AvgIpc) is 3.30.